The van der Waals surface area contributed by atoms with Gasteiger partial charge in [0.2, 0.25) is 0 Å². The number of esters is 1. The van der Waals surface area contributed by atoms with Gasteiger partial charge in [0.15, 0.2) is 0 Å². The van der Waals surface area contributed by atoms with Gasteiger partial charge in [-0.3, -0.25) is 0 Å². The van der Waals surface area contributed by atoms with Gasteiger partial charge in [0, 0.05) is 6.08 Å². The normalized spacial score (nSPS) is 11.3. The predicted octanol–water partition coefficient (Wildman–Crippen LogP) is 0.224. The van der Waals surface area contributed by atoms with E-state index in [9.17, 15) is 9.18 Å². The van der Waals surface area contributed by atoms with Crippen LogP contribution in [0.4, 0.5) is 4.39 Å². The Labute approximate surface area is 84.0 Å². The van der Waals surface area contributed by atoms with Crippen LogP contribution in [0.3, 0.4) is 0 Å². The summed E-state index contributed by atoms with van der Waals surface area (Å²) in [4.78, 5) is 12.3. The lowest BCUT2D eigenvalue weighted by atomic mass is 10.4. The minimum atomic E-state index is -1.22. The summed E-state index contributed by atoms with van der Waals surface area (Å²) in [7, 11) is 6.00. The van der Waals surface area contributed by atoms with Crippen molar-refractivity contribution in [1.82, 2.24) is 4.90 Å². The number of carbonyl (C=O) groups excluding carboxylic acids is 1. The molecule has 0 heterocycles. The predicted molar refractivity (Wildman–Crippen MR) is 52.7 cm³/mol. The molecule has 5 heteroatoms. The fraction of sp³-hybridized carbons (Fsp3) is 0.667. The summed E-state index contributed by atoms with van der Waals surface area (Å²) in [5, 5.41) is 8.52. The SMILES string of the molecule is C=CC(=O)OCC(O)CF.CN(C)C. The molecule has 0 aliphatic heterocycles. The summed E-state index contributed by atoms with van der Waals surface area (Å²) in [5.41, 5.74) is 0. The third kappa shape index (κ3) is 17.2. The highest BCUT2D eigenvalue weighted by Crippen LogP contribution is 1.87. The minimum Gasteiger partial charge on any atom is -0.460 e. The van der Waals surface area contributed by atoms with E-state index in [4.69, 9.17) is 5.11 Å². The number of carbonyl (C=O) groups is 1. The molecule has 0 aliphatic carbocycles. The fourth-order valence-corrected chi connectivity index (χ4v) is 0.282. The summed E-state index contributed by atoms with van der Waals surface area (Å²) in [6.45, 7) is 1.88. The van der Waals surface area contributed by atoms with Gasteiger partial charge in [-0.25, -0.2) is 9.18 Å². The van der Waals surface area contributed by atoms with E-state index in [0.29, 0.717) is 0 Å². The van der Waals surface area contributed by atoms with E-state index in [1.165, 1.54) is 0 Å². The third-order valence-corrected chi connectivity index (χ3v) is 0.763. The van der Waals surface area contributed by atoms with Crippen molar-refractivity contribution in [3.8, 4) is 0 Å². The Hall–Kier alpha value is -0.940. The average molecular weight is 207 g/mol. The summed E-state index contributed by atoms with van der Waals surface area (Å²) in [5.74, 6) is -0.660. The zero-order valence-corrected chi connectivity index (χ0v) is 8.86. The molecule has 1 N–H and O–H groups in total. The van der Waals surface area contributed by atoms with Crippen LogP contribution < -0.4 is 0 Å². The highest BCUT2D eigenvalue weighted by Gasteiger charge is 2.04. The molecule has 0 fully saturated rings. The van der Waals surface area contributed by atoms with E-state index >= 15 is 0 Å². The number of hydrogen-bond donors (Lipinski definition) is 1. The van der Waals surface area contributed by atoms with Crippen LogP contribution in [0, 0.1) is 0 Å². The topological polar surface area (TPSA) is 49.8 Å². The van der Waals surface area contributed by atoms with E-state index in [0.717, 1.165) is 6.08 Å². The highest BCUT2D eigenvalue weighted by molar-refractivity contribution is 5.81. The number of alkyl halides is 1. The molecule has 0 saturated carbocycles. The molecule has 0 radical (unpaired) electrons. The summed E-state index contributed by atoms with van der Waals surface area (Å²) in [6, 6.07) is 0. The number of aliphatic hydroxyl groups excluding tert-OH is 1. The molecule has 84 valence electrons. The number of ether oxygens (including phenoxy) is 1. The maximum absolute atomic E-state index is 11.5. The van der Waals surface area contributed by atoms with E-state index in [1.807, 2.05) is 26.0 Å². The zero-order valence-electron chi connectivity index (χ0n) is 8.86. The standard InChI is InChI=1S/C6H9FO3.C3H9N/c1-2-6(9)10-4-5(8)3-7;1-4(2)3/h2,5,8H,1,3-4H2;1-3H3. The molecule has 1 unspecified atom stereocenters. The Kier molecular flexibility index (Phi) is 11.3. The maximum Gasteiger partial charge on any atom is 0.330 e. The Morgan fingerprint density at radius 2 is 2.07 bits per heavy atom. The van der Waals surface area contributed by atoms with Crippen LogP contribution in [0.1, 0.15) is 0 Å². The Bertz CT molecular complexity index is 159. The Morgan fingerprint density at radius 3 is 2.36 bits per heavy atom. The van der Waals surface area contributed by atoms with Crippen LogP contribution >= 0.6 is 0 Å². The molecular weight excluding hydrogens is 189 g/mol. The average Bonchev–Trinajstić information content (AvgIpc) is 2.12. The first-order valence-electron chi connectivity index (χ1n) is 4.08. The third-order valence-electron chi connectivity index (χ3n) is 0.763. The van der Waals surface area contributed by atoms with Gasteiger partial charge in [-0.05, 0) is 21.1 Å². The quantitative estimate of drug-likeness (QED) is 0.529. The van der Waals surface area contributed by atoms with E-state index < -0.39 is 18.7 Å². The number of rotatable bonds is 4. The second-order valence-corrected chi connectivity index (χ2v) is 2.98. The van der Waals surface area contributed by atoms with E-state index in [2.05, 4.69) is 11.3 Å². The van der Waals surface area contributed by atoms with E-state index in [1.54, 1.807) is 0 Å². The maximum atomic E-state index is 11.5. The van der Waals surface area contributed by atoms with Crippen LogP contribution in [-0.2, 0) is 9.53 Å². The van der Waals surface area contributed by atoms with Gasteiger partial charge >= 0.3 is 5.97 Å². The second-order valence-electron chi connectivity index (χ2n) is 2.98. The first-order valence-corrected chi connectivity index (χ1v) is 4.08. The molecule has 1 atom stereocenters. The second kappa shape index (κ2) is 10.1. The van der Waals surface area contributed by atoms with Crippen molar-refractivity contribution in [2.75, 3.05) is 34.4 Å². The summed E-state index contributed by atoms with van der Waals surface area (Å²) >= 11 is 0. The number of aliphatic hydroxyl groups is 1. The van der Waals surface area contributed by atoms with Gasteiger partial charge in [-0.15, -0.1) is 0 Å². The fourth-order valence-electron chi connectivity index (χ4n) is 0.282. The highest BCUT2D eigenvalue weighted by atomic mass is 19.1. The van der Waals surface area contributed by atoms with Gasteiger partial charge < -0.3 is 14.7 Å². The smallest absolute Gasteiger partial charge is 0.330 e. The molecule has 0 saturated heterocycles. The van der Waals surface area contributed by atoms with Gasteiger partial charge in [0.1, 0.15) is 19.4 Å². The molecule has 0 rings (SSSR count). The van der Waals surface area contributed by atoms with Crippen molar-refractivity contribution in [3.05, 3.63) is 12.7 Å². The van der Waals surface area contributed by atoms with Crippen LogP contribution in [0.2, 0.25) is 0 Å². The lowest BCUT2D eigenvalue weighted by Crippen LogP contribution is -2.19. The monoisotopic (exact) mass is 207 g/mol. The molecular formula is C9H18FNO3. The molecule has 0 amide bonds. The Morgan fingerprint density at radius 1 is 1.64 bits per heavy atom. The zero-order chi connectivity index (χ0) is 11.6. The number of halogens is 1. The van der Waals surface area contributed by atoms with Crippen LogP contribution in [0.5, 0.6) is 0 Å². The van der Waals surface area contributed by atoms with Crippen molar-refractivity contribution < 1.29 is 19.0 Å². The van der Waals surface area contributed by atoms with Crippen molar-refractivity contribution in [1.29, 1.82) is 0 Å². The van der Waals surface area contributed by atoms with E-state index in [-0.39, 0.29) is 6.61 Å². The molecule has 4 nitrogen and oxygen atoms in total. The summed E-state index contributed by atoms with van der Waals surface area (Å²) in [6.07, 6.45) is -0.269. The lowest BCUT2D eigenvalue weighted by Gasteiger charge is -2.04. The van der Waals surface area contributed by atoms with Crippen molar-refractivity contribution >= 4 is 5.97 Å². The van der Waals surface area contributed by atoms with Crippen LogP contribution in [0.25, 0.3) is 0 Å². The van der Waals surface area contributed by atoms with Crippen molar-refractivity contribution in [3.63, 3.8) is 0 Å². The number of hydrogen-bond acceptors (Lipinski definition) is 4. The van der Waals surface area contributed by atoms with Gasteiger partial charge in [-0.2, -0.15) is 0 Å². The van der Waals surface area contributed by atoms with Crippen LogP contribution in [-0.4, -0.2) is 56.5 Å². The van der Waals surface area contributed by atoms with Crippen molar-refractivity contribution in [2.24, 2.45) is 0 Å². The molecule has 0 aromatic rings. The van der Waals surface area contributed by atoms with Gasteiger partial charge in [0.25, 0.3) is 0 Å². The molecule has 0 spiro atoms. The van der Waals surface area contributed by atoms with Gasteiger partial charge in [0.05, 0.1) is 0 Å². The first kappa shape index (κ1) is 15.5. The van der Waals surface area contributed by atoms with Crippen LogP contribution in [0.15, 0.2) is 12.7 Å². The molecule has 0 aliphatic rings. The first-order chi connectivity index (χ1) is 6.43. The summed E-state index contributed by atoms with van der Waals surface area (Å²) < 4.78 is 15.8. The molecule has 14 heavy (non-hydrogen) atoms. The van der Waals surface area contributed by atoms with Crippen molar-refractivity contribution in [2.45, 2.75) is 6.10 Å². The minimum absolute atomic E-state index is 0.318. The lowest BCUT2D eigenvalue weighted by molar-refractivity contribution is -0.140. The Balaban J connectivity index is 0. The number of nitrogens with zero attached hydrogens (tertiary/aromatic N) is 1. The molecule has 0 aromatic heterocycles. The molecule has 0 aromatic carbocycles. The largest absolute Gasteiger partial charge is 0.460 e. The van der Waals surface area contributed by atoms with Gasteiger partial charge in [-0.1, -0.05) is 6.58 Å². The molecule has 0 bridgehead atoms.